The summed E-state index contributed by atoms with van der Waals surface area (Å²) in [6, 6.07) is 10.7. The predicted octanol–water partition coefficient (Wildman–Crippen LogP) is 3.83. The van der Waals surface area contributed by atoms with Crippen molar-refractivity contribution in [3.05, 3.63) is 63.4 Å². The van der Waals surface area contributed by atoms with E-state index in [0.29, 0.717) is 47.7 Å². The number of H-pyrrole nitrogens is 1. The lowest BCUT2D eigenvalue weighted by Crippen LogP contribution is -2.42. The Labute approximate surface area is 186 Å². The molecule has 32 heavy (non-hydrogen) atoms. The molecule has 1 atom stereocenters. The first-order valence-corrected chi connectivity index (χ1v) is 10.8. The summed E-state index contributed by atoms with van der Waals surface area (Å²) in [7, 11) is 4.79. The quantitative estimate of drug-likeness (QED) is 0.635. The van der Waals surface area contributed by atoms with Crippen LogP contribution in [0.4, 0.5) is 0 Å². The molecule has 0 saturated carbocycles. The fraction of sp³-hybridized carbons (Fsp3) is 0.360. The molecule has 1 aliphatic heterocycles. The molecule has 1 aromatic heterocycles. The van der Waals surface area contributed by atoms with Crippen molar-refractivity contribution < 1.29 is 19.0 Å². The summed E-state index contributed by atoms with van der Waals surface area (Å²) in [5.74, 6) is 1.93. The number of rotatable bonds is 6. The SMILES string of the molecule is CCCC(=O)N1CCc2cc(OC)c(OC)cc2[C@@H]1c1cc2cc(OC)ccc2[nH]c1=O. The van der Waals surface area contributed by atoms with E-state index in [0.717, 1.165) is 22.9 Å². The first-order chi connectivity index (χ1) is 15.5. The average Bonchev–Trinajstić information content (AvgIpc) is 2.81. The number of aromatic nitrogens is 1. The maximum atomic E-state index is 13.2. The molecule has 2 heterocycles. The van der Waals surface area contributed by atoms with Gasteiger partial charge in [0.25, 0.3) is 5.56 Å². The zero-order chi connectivity index (χ0) is 22.8. The fourth-order valence-corrected chi connectivity index (χ4v) is 4.44. The Morgan fingerprint density at radius 2 is 1.78 bits per heavy atom. The van der Waals surface area contributed by atoms with Gasteiger partial charge in [0.05, 0.1) is 27.4 Å². The zero-order valence-corrected chi connectivity index (χ0v) is 18.9. The van der Waals surface area contributed by atoms with Crippen LogP contribution in [0.5, 0.6) is 17.2 Å². The van der Waals surface area contributed by atoms with Crippen LogP contribution < -0.4 is 19.8 Å². The summed E-state index contributed by atoms with van der Waals surface area (Å²) in [4.78, 5) is 31.1. The minimum atomic E-state index is -0.517. The second-order valence-electron chi connectivity index (χ2n) is 7.90. The van der Waals surface area contributed by atoms with Gasteiger partial charge in [0.15, 0.2) is 11.5 Å². The highest BCUT2D eigenvalue weighted by atomic mass is 16.5. The Morgan fingerprint density at radius 1 is 1.03 bits per heavy atom. The Hall–Kier alpha value is -3.48. The number of hydrogen-bond acceptors (Lipinski definition) is 5. The van der Waals surface area contributed by atoms with Crippen LogP contribution in [-0.2, 0) is 11.2 Å². The number of fused-ring (bicyclic) bond motifs is 2. The lowest BCUT2D eigenvalue weighted by molar-refractivity contribution is -0.133. The molecule has 3 aromatic rings. The van der Waals surface area contributed by atoms with Gasteiger partial charge in [0.2, 0.25) is 5.91 Å². The van der Waals surface area contributed by atoms with Gasteiger partial charge in [-0.15, -0.1) is 0 Å². The van der Waals surface area contributed by atoms with Gasteiger partial charge in [-0.25, -0.2) is 0 Å². The third kappa shape index (κ3) is 3.79. The van der Waals surface area contributed by atoms with Crippen molar-refractivity contribution in [2.45, 2.75) is 32.2 Å². The number of pyridine rings is 1. The molecule has 1 aliphatic rings. The first kappa shape index (κ1) is 21.7. The molecule has 0 fully saturated rings. The lowest BCUT2D eigenvalue weighted by atomic mass is 9.87. The molecular formula is C25H28N2O5. The van der Waals surface area contributed by atoms with Gasteiger partial charge in [-0.3, -0.25) is 9.59 Å². The van der Waals surface area contributed by atoms with Crippen LogP contribution >= 0.6 is 0 Å². The number of carbonyl (C=O) groups is 1. The van der Waals surface area contributed by atoms with Crippen molar-refractivity contribution in [3.8, 4) is 17.2 Å². The maximum Gasteiger partial charge on any atom is 0.254 e. The van der Waals surface area contributed by atoms with Crippen molar-refractivity contribution in [2.24, 2.45) is 0 Å². The van der Waals surface area contributed by atoms with Gasteiger partial charge in [-0.1, -0.05) is 6.92 Å². The molecule has 2 aromatic carbocycles. The van der Waals surface area contributed by atoms with Crippen molar-refractivity contribution >= 4 is 16.8 Å². The molecule has 1 amide bonds. The number of aromatic amines is 1. The van der Waals surface area contributed by atoms with E-state index in [9.17, 15) is 9.59 Å². The highest BCUT2D eigenvalue weighted by Gasteiger charge is 2.34. The predicted molar refractivity (Wildman–Crippen MR) is 123 cm³/mol. The van der Waals surface area contributed by atoms with Gasteiger partial charge in [-0.2, -0.15) is 0 Å². The Kier molecular flexibility index (Phi) is 6.08. The molecule has 0 radical (unpaired) electrons. The van der Waals surface area contributed by atoms with Crippen LogP contribution in [0, 0.1) is 0 Å². The van der Waals surface area contributed by atoms with Crippen molar-refractivity contribution in [3.63, 3.8) is 0 Å². The van der Waals surface area contributed by atoms with Gasteiger partial charge in [0.1, 0.15) is 5.75 Å². The number of ether oxygens (including phenoxy) is 3. The second-order valence-corrected chi connectivity index (χ2v) is 7.90. The number of hydrogen-bond donors (Lipinski definition) is 1. The Balaban J connectivity index is 1.95. The van der Waals surface area contributed by atoms with Crippen molar-refractivity contribution in [1.82, 2.24) is 9.88 Å². The third-order valence-electron chi connectivity index (χ3n) is 6.03. The summed E-state index contributed by atoms with van der Waals surface area (Å²) in [6.07, 6.45) is 1.85. The first-order valence-electron chi connectivity index (χ1n) is 10.8. The van der Waals surface area contributed by atoms with Crippen molar-refractivity contribution in [2.75, 3.05) is 27.9 Å². The van der Waals surface area contributed by atoms with Crippen LogP contribution in [0.2, 0.25) is 0 Å². The Bertz CT molecular complexity index is 1220. The number of nitrogens with one attached hydrogen (secondary N) is 1. The zero-order valence-electron chi connectivity index (χ0n) is 18.9. The molecule has 7 heteroatoms. The molecular weight excluding hydrogens is 408 g/mol. The molecule has 0 unspecified atom stereocenters. The normalized spacial score (nSPS) is 15.4. The van der Waals surface area contributed by atoms with Crippen LogP contribution in [0.3, 0.4) is 0 Å². The van der Waals surface area contributed by atoms with E-state index in [1.54, 1.807) is 21.3 Å². The topological polar surface area (TPSA) is 80.9 Å². The standard InChI is InChI=1S/C25H28N2O5/c1-5-6-23(28)27-10-9-15-13-21(31-3)22(32-4)14-18(15)24(27)19-12-16-11-17(30-2)7-8-20(16)26-25(19)29/h7-8,11-14,24H,5-6,9-10H2,1-4H3,(H,26,29)/t24-/m1/s1. The van der Waals surface area contributed by atoms with E-state index in [1.807, 2.05) is 48.2 Å². The average molecular weight is 437 g/mol. The van der Waals surface area contributed by atoms with Gasteiger partial charge in [0, 0.05) is 29.4 Å². The summed E-state index contributed by atoms with van der Waals surface area (Å²) >= 11 is 0. The summed E-state index contributed by atoms with van der Waals surface area (Å²) in [6.45, 7) is 2.51. The van der Waals surface area contributed by atoms with E-state index in [1.165, 1.54) is 0 Å². The van der Waals surface area contributed by atoms with E-state index >= 15 is 0 Å². The highest BCUT2D eigenvalue weighted by Crippen LogP contribution is 2.41. The van der Waals surface area contributed by atoms with E-state index in [-0.39, 0.29) is 11.5 Å². The molecule has 4 rings (SSSR count). The molecule has 1 N–H and O–H groups in total. The smallest absolute Gasteiger partial charge is 0.254 e. The maximum absolute atomic E-state index is 13.2. The number of carbonyl (C=O) groups excluding carboxylic acids is 1. The number of benzene rings is 2. The van der Waals surface area contributed by atoms with Crippen LogP contribution in [0.15, 0.2) is 41.2 Å². The summed E-state index contributed by atoms with van der Waals surface area (Å²) in [5, 5.41) is 0.842. The largest absolute Gasteiger partial charge is 0.497 e. The van der Waals surface area contributed by atoms with Gasteiger partial charge in [-0.05, 0) is 60.4 Å². The summed E-state index contributed by atoms with van der Waals surface area (Å²) < 4.78 is 16.4. The highest BCUT2D eigenvalue weighted by molar-refractivity contribution is 5.82. The molecule has 0 bridgehead atoms. The fourth-order valence-electron chi connectivity index (χ4n) is 4.44. The summed E-state index contributed by atoms with van der Waals surface area (Å²) in [5.41, 5.74) is 2.94. The molecule has 7 nitrogen and oxygen atoms in total. The van der Waals surface area contributed by atoms with Crippen LogP contribution in [-0.4, -0.2) is 43.7 Å². The third-order valence-corrected chi connectivity index (χ3v) is 6.03. The van der Waals surface area contributed by atoms with Gasteiger partial charge >= 0.3 is 0 Å². The van der Waals surface area contributed by atoms with Crippen LogP contribution in [0.25, 0.3) is 10.9 Å². The van der Waals surface area contributed by atoms with E-state index < -0.39 is 6.04 Å². The second kappa shape index (κ2) is 8.94. The molecule has 0 spiro atoms. The lowest BCUT2D eigenvalue weighted by Gasteiger charge is -2.38. The van der Waals surface area contributed by atoms with Gasteiger partial charge < -0.3 is 24.1 Å². The Morgan fingerprint density at radius 3 is 2.47 bits per heavy atom. The van der Waals surface area contributed by atoms with Crippen LogP contribution in [0.1, 0.15) is 42.5 Å². The number of nitrogens with zero attached hydrogens (tertiary/aromatic N) is 1. The van der Waals surface area contributed by atoms with E-state index in [4.69, 9.17) is 14.2 Å². The number of amides is 1. The minimum absolute atomic E-state index is 0.0306. The molecule has 168 valence electrons. The van der Waals surface area contributed by atoms with Crippen molar-refractivity contribution in [1.29, 1.82) is 0 Å². The number of methoxy groups -OCH3 is 3. The monoisotopic (exact) mass is 436 g/mol. The molecule has 0 saturated heterocycles. The minimum Gasteiger partial charge on any atom is -0.497 e. The van der Waals surface area contributed by atoms with E-state index in [2.05, 4.69) is 4.98 Å². The molecule has 0 aliphatic carbocycles.